The molecule has 0 bridgehead atoms. The van der Waals surface area contributed by atoms with E-state index in [1.54, 1.807) is 12.1 Å². The van der Waals surface area contributed by atoms with E-state index in [9.17, 15) is 13.2 Å². The van der Waals surface area contributed by atoms with Crippen molar-refractivity contribution in [2.24, 2.45) is 0 Å². The Kier molecular flexibility index (Phi) is 7.56. The molecular weight excluding hydrogens is 360 g/mol. The molecule has 0 aliphatic carbocycles. The standard InChI is InChI=1S/C21H28N2O3S/c1-4-8-19(13-12-18-9-6-5-7-10-18)23-27(25,26)20-14-11-16(2)21(15-20)22-17(3)24/h5-7,9-11,14-15,19,23H,4,8,12-13H2,1-3H3,(H,22,24)/t19-/m1/s1. The third-order valence-electron chi connectivity index (χ3n) is 4.41. The van der Waals surface area contributed by atoms with Gasteiger partial charge in [0.15, 0.2) is 0 Å². The van der Waals surface area contributed by atoms with Crippen LogP contribution in [0.2, 0.25) is 0 Å². The first-order valence-corrected chi connectivity index (χ1v) is 10.7. The van der Waals surface area contributed by atoms with Gasteiger partial charge in [-0.05, 0) is 49.4 Å². The topological polar surface area (TPSA) is 75.3 Å². The molecule has 6 heteroatoms. The van der Waals surface area contributed by atoms with Gasteiger partial charge in [-0.15, -0.1) is 0 Å². The van der Waals surface area contributed by atoms with Gasteiger partial charge in [0.05, 0.1) is 4.90 Å². The number of rotatable bonds is 9. The molecule has 0 aliphatic rings. The van der Waals surface area contributed by atoms with Gasteiger partial charge in [-0.25, -0.2) is 13.1 Å². The van der Waals surface area contributed by atoms with E-state index in [1.165, 1.54) is 18.6 Å². The van der Waals surface area contributed by atoms with E-state index in [0.29, 0.717) is 5.69 Å². The zero-order chi connectivity index (χ0) is 19.9. The summed E-state index contributed by atoms with van der Waals surface area (Å²) < 4.78 is 28.5. The lowest BCUT2D eigenvalue weighted by atomic mass is 10.0. The number of sulfonamides is 1. The minimum absolute atomic E-state index is 0.134. The predicted octanol–water partition coefficient (Wildman–Crippen LogP) is 4.03. The van der Waals surface area contributed by atoms with Crippen LogP contribution in [-0.2, 0) is 21.2 Å². The molecule has 1 atom stereocenters. The number of hydrogen-bond donors (Lipinski definition) is 2. The zero-order valence-corrected chi connectivity index (χ0v) is 17.0. The minimum atomic E-state index is -3.66. The van der Waals surface area contributed by atoms with E-state index in [4.69, 9.17) is 0 Å². The van der Waals surface area contributed by atoms with Crippen LogP contribution in [0.15, 0.2) is 53.4 Å². The number of hydrogen-bond acceptors (Lipinski definition) is 3. The van der Waals surface area contributed by atoms with Crippen LogP contribution in [-0.4, -0.2) is 20.4 Å². The lowest BCUT2D eigenvalue weighted by Gasteiger charge is -2.19. The highest BCUT2D eigenvalue weighted by Crippen LogP contribution is 2.21. The molecule has 1 amide bonds. The number of anilines is 1. The second-order valence-corrected chi connectivity index (χ2v) is 8.50. The van der Waals surface area contributed by atoms with E-state index in [-0.39, 0.29) is 16.8 Å². The van der Waals surface area contributed by atoms with Crippen molar-refractivity contribution in [1.29, 1.82) is 0 Å². The maximum absolute atomic E-state index is 12.9. The van der Waals surface area contributed by atoms with Gasteiger partial charge in [-0.2, -0.15) is 0 Å². The largest absolute Gasteiger partial charge is 0.326 e. The Hall–Kier alpha value is -2.18. The third kappa shape index (κ3) is 6.48. The fourth-order valence-electron chi connectivity index (χ4n) is 2.98. The average Bonchev–Trinajstić information content (AvgIpc) is 2.62. The fourth-order valence-corrected chi connectivity index (χ4v) is 4.31. The Balaban J connectivity index is 2.14. The first kappa shape index (κ1) is 21.1. The number of amides is 1. The second kappa shape index (κ2) is 9.67. The van der Waals surface area contributed by atoms with E-state index < -0.39 is 10.0 Å². The van der Waals surface area contributed by atoms with Crippen molar-refractivity contribution in [2.45, 2.75) is 57.4 Å². The number of carbonyl (C=O) groups is 1. The van der Waals surface area contributed by atoms with Crippen LogP contribution in [0.3, 0.4) is 0 Å². The zero-order valence-electron chi connectivity index (χ0n) is 16.2. The van der Waals surface area contributed by atoms with E-state index in [2.05, 4.69) is 22.2 Å². The van der Waals surface area contributed by atoms with Crippen LogP contribution in [0.1, 0.15) is 44.2 Å². The Morgan fingerprint density at radius 3 is 2.41 bits per heavy atom. The Labute approximate surface area is 162 Å². The predicted molar refractivity (Wildman–Crippen MR) is 109 cm³/mol. The normalized spacial score (nSPS) is 12.6. The van der Waals surface area contributed by atoms with Crippen molar-refractivity contribution in [2.75, 3.05) is 5.32 Å². The van der Waals surface area contributed by atoms with Crippen molar-refractivity contribution < 1.29 is 13.2 Å². The van der Waals surface area contributed by atoms with Crippen LogP contribution in [0.25, 0.3) is 0 Å². The molecule has 0 aliphatic heterocycles. The highest BCUT2D eigenvalue weighted by atomic mass is 32.2. The monoisotopic (exact) mass is 388 g/mol. The highest BCUT2D eigenvalue weighted by molar-refractivity contribution is 7.89. The van der Waals surface area contributed by atoms with Gasteiger partial charge in [-0.1, -0.05) is 49.7 Å². The van der Waals surface area contributed by atoms with Gasteiger partial charge in [0.1, 0.15) is 0 Å². The molecule has 2 N–H and O–H groups in total. The molecule has 0 heterocycles. The summed E-state index contributed by atoms with van der Waals surface area (Å²) in [6.07, 6.45) is 3.23. The van der Waals surface area contributed by atoms with E-state index in [0.717, 1.165) is 31.2 Å². The Bertz CT molecular complexity index is 864. The quantitative estimate of drug-likeness (QED) is 0.681. The van der Waals surface area contributed by atoms with Crippen molar-refractivity contribution in [3.05, 3.63) is 59.7 Å². The average molecular weight is 389 g/mol. The van der Waals surface area contributed by atoms with Crippen LogP contribution in [0.5, 0.6) is 0 Å². The van der Waals surface area contributed by atoms with Crippen LogP contribution < -0.4 is 10.0 Å². The maximum Gasteiger partial charge on any atom is 0.240 e. The lowest BCUT2D eigenvalue weighted by molar-refractivity contribution is -0.114. The first-order chi connectivity index (χ1) is 12.8. The lowest BCUT2D eigenvalue weighted by Crippen LogP contribution is -2.35. The van der Waals surface area contributed by atoms with E-state index in [1.807, 2.05) is 32.0 Å². The SMILES string of the molecule is CCC[C@H](CCc1ccccc1)NS(=O)(=O)c1ccc(C)c(NC(C)=O)c1. The molecule has 0 aromatic heterocycles. The molecule has 27 heavy (non-hydrogen) atoms. The molecule has 0 fully saturated rings. The molecular formula is C21H28N2O3S. The molecule has 2 aromatic rings. The van der Waals surface area contributed by atoms with Gasteiger partial charge in [-0.3, -0.25) is 4.79 Å². The summed E-state index contributed by atoms with van der Waals surface area (Å²) in [6.45, 7) is 5.28. The van der Waals surface area contributed by atoms with Crippen molar-refractivity contribution in [3.8, 4) is 0 Å². The summed E-state index contributed by atoms with van der Waals surface area (Å²) in [5.41, 5.74) is 2.53. The first-order valence-electron chi connectivity index (χ1n) is 9.26. The Morgan fingerprint density at radius 2 is 1.78 bits per heavy atom. The van der Waals surface area contributed by atoms with Gasteiger partial charge in [0.2, 0.25) is 15.9 Å². The molecule has 0 saturated carbocycles. The number of benzene rings is 2. The third-order valence-corrected chi connectivity index (χ3v) is 5.93. The highest BCUT2D eigenvalue weighted by Gasteiger charge is 2.20. The van der Waals surface area contributed by atoms with Gasteiger partial charge < -0.3 is 5.32 Å². The molecule has 5 nitrogen and oxygen atoms in total. The number of aryl methyl sites for hydroxylation is 2. The van der Waals surface area contributed by atoms with Gasteiger partial charge >= 0.3 is 0 Å². The van der Waals surface area contributed by atoms with Crippen molar-refractivity contribution >= 4 is 21.6 Å². The minimum Gasteiger partial charge on any atom is -0.326 e. The summed E-state index contributed by atoms with van der Waals surface area (Å²) in [5, 5.41) is 2.68. The van der Waals surface area contributed by atoms with Crippen LogP contribution >= 0.6 is 0 Å². The maximum atomic E-state index is 12.9. The molecule has 0 unspecified atom stereocenters. The fraction of sp³-hybridized carbons (Fsp3) is 0.381. The summed E-state index contributed by atoms with van der Waals surface area (Å²) >= 11 is 0. The summed E-state index contributed by atoms with van der Waals surface area (Å²) in [4.78, 5) is 11.5. The van der Waals surface area contributed by atoms with Crippen LogP contribution in [0, 0.1) is 6.92 Å². The number of nitrogens with one attached hydrogen (secondary N) is 2. The molecule has 146 valence electrons. The molecule has 2 rings (SSSR count). The van der Waals surface area contributed by atoms with E-state index >= 15 is 0 Å². The Morgan fingerprint density at radius 1 is 1.07 bits per heavy atom. The molecule has 0 spiro atoms. The summed E-state index contributed by atoms with van der Waals surface area (Å²) in [5.74, 6) is -0.229. The van der Waals surface area contributed by atoms with Crippen molar-refractivity contribution in [3.63, 3.8) is 0 Å². The van der Waals surface area contributed by atoms with Crippen LogP contribution in [0.4, 0.5) is 5.69 Å². The van der Waals surface area contributed by atoms with Crippen molar-refractivity contribution in [1.82, 2.24) is 4.72 Å². The van der Waals surface area contributed by atoms with Gasteiger partial charge in [0, 0.05) is 18.7 Å². The molecule has 0 saturated heterocycles. The number of carbonyl (C=O) groups excluding carboxylic acids is 1. The smallest absolute Gasteiger partial charge is 0.240 e. The van der Waals surface area contributed by atoms with Gasteiger partial charge in [0.25, 0.3) is 0 Å². The molecule has 0 radical (unpaired) electrons. The second-order valence-electron chi connectivity index (χ2n) is 6.79. The summed E-state index contributed by atoms with van der Waals surface area (Å²) in [6, 6.07) is 14.7. The summed E-state index contributed by atoms with van der Waals surface area (Å²) in [7, 11) is -3.66. The molecule has 2 aromatic carbocycles.